The number of halogens is 2. The van der Waals surface area contributed by atoms with Gasteiger partial charge in [0.25, 0.3) is 0 Å². The molecule has 0 N–H and O–H groups in total. The summed E-state index contributed by atoms with van der Waals surface area (Å²) in [7, 11) is 0. The van der Waals surface area contributed by atoms with Crippen molar-refractivity contribution >= 4 is 17.7 Å². The molecule has 2 nitrogen and oxygen atoms in total. The molecule has 1 saturated carbocycles. The summed E-state index contributed by atoms with van der Waals surface area (Å²) in [6.07, 6.45) is 4.73. The van der Waals surface area contributed by atoms with Crippen LogP contribution in [0, 0.1) is 12.7 Å². The van der Waals surface area contributed by atoms with E-state index in [0.29, 0.717) is 23.4 Å². The first-order valence-corrected chi connectivity index (χ1v) is 6.03. The lowest BCUT2D eigenvalue weighted by molar-refractivity contribution is 0.430. The second kappa shape index (κ2) is 4.59. The Kier molecular flexibility index (Phi) is 3.32. The van der Waals surface area contributed by atoms with E-state index in [2.05, 4.69) is 4.99 Å². The lowest BCUT2D eigenvalue weighted by Crippen LogP contribution is -2.21. The minimum absolute atomic E-state index is 0.361. The van der Waals surface area contributed by atoms with Crippen molar-refractivity contribution in [3.63, 3.8) is 0 Å². The third kappa shape index (κ3) is 2.01. The molecule has 1 aliphatic rings. The highest BCUT2D eigenvalue weighted by molar-refractivity contribution is 6.32. The molecule has 1 aromatic carbocycles. The highest BCUT2D eigenvalue weighted by atomic mass is 35.5. The normalized spacial score (nSPS) is 17.8. The van der Waals surface area contributed by atoms with Gasteiger partial charge in [-0.05, 0) is 31.4 Å². The lowest BCUT2D eigenvalue weighted by atomic mass is 9.87. The average molecular weight is 254 g/mol. The molecule has 17 heavy (non-hydrogen) atoms. The number of rotatable bonds is 2. The van der Waals surface area contributed by atoms with Gasteiger partial charge in [-0.15, -0.1) is 0 Å². The van der Waals surface area contributed by atoms with Gasteiger partial charge >= 0.3 is 0 Å². The van der Waals surface area contributed by atoms with E-state index in [1.165, 1.54) is 6.07 Å². The molecule has 0 spiro atoms. The lowest BCUT2D eigenvalue weighted by Gasteiger charge is -2.25. The van der Waals surface area contributed by atoms with Gasteiger partial charge < -0.3 is 0 Å². The van der Waals surface area contributed by atoms with Crippen LogP contribution < -0.4 is 0 Å². The number of isocyanates is 1. The number of benzene rings is 1. The second-order valence-corrected chi connectivity index (χ2v) is 4.87. The molecule has 0 radical (unpaired) electrons. The maximum absolute atomic E-state index is 14.0. The zero-order chi connectivity index (χ0) is 12.5. The maximum Gasteiger partial charge on any atom is 0.235 e. The van der Waals surface area contributed by atoms with E-state index < -0.39 is 5.54 Å². The molecule has 1 aromatic rings. The summed E-state index contributed by atoms with van der Waals surface area (Å²) >= 11 is 6.17. The Balaban J connectivity index is 2.65. The van der Waals surface area contributed by atoms with Gasteiger partial charge in [0.05, 0.1) is 5.02 Å². The van der Waals surface area contributed by atoms with Crippen LogP contribution in [0.15, 0.2) is 17.1 Å². The van der Waals surface area contributed by atoms with Crippen LogP contribution in [-0.2, 0) is 10.3 Å². The molecule has 0 saturated heterocycles. The van der Waals surface area contributed by atoms with Crippen molar-refractivity contribution in [3.05, 3.63) is 34.1 Å². The van der Waals surface area contributed by atoms with E-state index in [4.69, 9.17) is 11.6 Å². The molecule has 2 rings (SSSR count). The van der Waals surface area contributed by atoms with Gasteiger partial charge in [0.1, 0.15) is 11.4 Å². The Morgan fingerprint density at radius 2 is 2.06 bits per heavy atom. The second-order valence-electron chi connectivity index (χ2n) is 4.50. The molecule has 0 aliphatic heterocycles. The summed E-state index contributed by atoms with van der Waals surface area (Å²) in [4.78, 5) is 14.4. The van der Waals surface area contributed by atoms with Gasteiger partial charge in [0.2, 0.25) is 6.08 Å². The van der Waals surface area contributed by atoms with E-state index in [9.17, 15) is 9.18 Å². The summed E-state index contributed by atoms with van der Waals surface area (Å²) in [6, 6.07) is 3.02. The highest BCUT2D eigenvalue weighted by Crippen LogP contribution is 2.46. The molecule has 0 bridgehead atoms. The van der Waals surface area contributed by atoms with Crippen LogP contribution in [0.1, 0.15) is 36.8 Å². The minimum atomic E-state index is -0.797. The van der Waals surface area contributed by atoms with Crippen molar-refractivity contribution in [2.45, 2.75) is 38.1 Å². The van der Waals surface area contributed by atoms with E-state index in [-0.39, 0.29) is 5.82 Å². The summed E-state index contributed by atoms with van der Waals surface area (Å²) in [6.45, 7) is 1.82. The van der Waals surface area contributed by atoms with Gasteiger partial charge in [0.15, 0.2) is 0 Å². The summed E-state index contributed by atoms with van der Waals surface area (Å²) in [5.41, 5.74) is 0.366. The first-order valence-electron chi connectivity index (χ1n) is 5.65. The quantitative estimate of drug-likeness (QED) is 0.581. The fraction of sp³-hybridized carbons (Fsp3) is 0.462. The van der Waals surface area contributed by atoms with Gasteiger partial charge in [-0.3, -0.25) is 0 Å². The molecule has 0 heterocycles. The van der Waals surface area contributed by atoms with Crippen LogP contribution in [0.25, 0.3) is 0 Å². The summed E-state index contributed by atoms with van der Waals surface area (Å²) in [5.74, 6) is -0.387. The number of carbonyl (C=O) groups excluding carboxylic acids is 1. The zero-order valence-corrected chi connectivity index (χ0v) is 10.4. The number of aryl methyl sites for hydroxylation is 1. The first kappa shape index (κ1) is 12.3. The molecule has 1 fully saturated rings. The Labute approximate surface area is 105 Å². The monoisotopic (exact) mass is 253 g/mol. The minimum Gasteiger partial charge on any atom is -0.211 e. The SMILES string of the molecule is Cc1ccc(F)c(C2(N=C=O)CCCC2)c1Cl. The first-order chi connectivity index (χ1) is 8.10. The number of hydrogen-bond acceptors (Lipinski definition) is 2. The van der Waals surface area contributed by atoms with E-state index in [1.54, 1.807) is 12.1 Å². The van der Waals surface area contributed by atoms with Crippen molar-refractivity contribution in [2.24, 2.45) is 4.99 Å². The van der Waals surface area contributed by atoms with Gasteiger partial charge in [0, 0.05) is 5.56 Å². The molecule has 0 aromatic heterocycles. The molecule has 4 heteroatoms. The van der Waals surface area contributed by atoms with Crippen molar-refractivity contribution < 1.29 is 9.18 Å². The van der Waals surface area contributed by atoms with Gasteiger partial charge in [-0.25, -0.2) is 9.18 Å². The number of hydrogen-bond donors (Lipinski definition) is 0. The van der Waals surface area contributed by atoms with E-state index in [0.717, 1.165) is 18.4 Å². The topological polar surface area (TPSA) is 29.4 Å². The Bertz CT molecular complexity index is 488. The fourth-order valence-corrected chi connectivity index (χ4v) is 2.88. The van der Waals surface area contributed by atoms with Crippen LogP contribution in [0.3, 0.4) is 0 Å². The third-order valence-corrected chi connectivity index (χ3v) is 3.93. The molecular formula is C13H13ClFNO. The fourth-order valence-electron chi connectivity index (χ4n) is 2.55. The zero-order valence-electron chi connectivity index (χ0n) is 9.59. The Morgan fingerprint density at radius 1 is 1.41 bits per heavy atom. The third-order valence-electron chi connectivity index (χ3n) is 3.44. The highest BCUT2D eigenvalue weighted by Gasteiger charge is 2.39. The maximum atomic E-state index is 14.0. The summed E-state index contributed by atoms with van der Waals surface area (Å²) < 4.78 is 14.0. The van der Waals surface area contributed by atoms with Crippen LogP contribution >= 0.6 is 11.6 Å². The molecular weight excluding hydrogens is 241 g/mol. The molecule has 90 valence electrons. The smallest absolute Gasteiger partial charge is 0.211 e. The standard InChI is InChI=1S/C13H13ClFNO/c1-9-4-5-10(15)11(12(9)14)13(16-8-17)6-2-3-7-13/h4-5H,2-3,6-7H2,1H3. The molecule has 0 atom stereocenters. The number of aliphatic imine (C=N–C) groups is 1. The van der Waals surface area contributed by atoms with Crippen molar-refractivity contribution in [3.8, 4) is 0 Å². The van der Waals surface area contributed by atoms with Crippen LogP contribution in [0.2, 0.25) is 5.02 Å². The van der Waals surface area contributed by atoms with Crippen LogP contribution in [-0.4, -0.2) is 6.08 Å². The molecule has 0 unspecified atom stereocenters. The van der Waals surface area contributed by atoms with Crippen LogP contribution in [0.5, 0.6) is 0 Å². The van der Waals surface area contributed by atoms with Crippen molar-refractivity contribution in [1.29, 1.82) is 0 Å². The number of nitrogens with zero attached hydrogens (tertiary/aromatic N) is 1. The van der Waals surface area contributed by atoms with Gasteiger partial charge in [-0.2, -0.15) is 4.99 Å². The Hall–Kier alpha value is -1.18. The Morgan fingerprint density at radius 3 is 2.65 bits per heavy atom. The predicted octanol–water partition coefficient (Wildman–Crippen LogP) is 3.89. The van der Waals surface area contributed by atoms with Crippen molar-refractivity contribution in [2.75, 3.05) is 0 Å². The largest absolute Gasteiger partial charge is 0.235 e. The van der Waals surface area contributed by atoms with E-state index >= 15 is 0 Å². The van der Waals surface area contributed by atoms with Gasteiger partial charge in [-0.1, -0.05) is 30.5 Å². The molecule has 1 aliphatic carbocycles. The van der Waals surface area contributed by atoms with Crippen LogP contribution in [0.4, 0.5) is 4.39 Å². The predicted molar refractivity (Wildman–Crippen MR) is 64.4 cm³/mol. The van der Waals surface area contributed by atoms with Crippen molar-refractivity contribution in [1.82, 2.24) is 0 Å². The van der Waals surface area contributed by atoms with E-state index in [1.807, 2.05) is 6.92 Å². The average Bonchev–Trinajstić information content (AvgIpc) is 2.74. The summed E-state index contributed by atoms with van der Waals surface area (Å²) in [5, 5.41) is 0.380. The molecule has 0 amide bonds.